The van der Waals surface area contributed by atoms with E-state index >= 15 is 0 Å². The third kappa shape index (κ3) is 1.69. The number of terminal acetylenes is 1. The van der Waals surface area contributed by atoms with Crippen molar-refractivity contribution in [2.45, 2.75) is 6.42 Å². The predicted octanol–water partition coefficient (Wildman–Crippen LogP) is 2.28. The van der Waals surface area contributed by atoms with Gasteiger partial charge in [-0.05, 0) is 12.1 Å². The molecule has 1 aromatic carbocycles. The van der Waals surface area contributed by atoms with E-state index in [1.54, 1.807) is 4.90 Å². The van der Waals surface area contributed by atoms with Crippen LogP contribution in [0.1, 0.15) is 6.42 Å². The van der Waals surface area contributed by atoms with Crippen LogP contribution in [-0.2, 0) is 4.79 Å². The van der Waals surface area contributed by atoms with Crippen molar-refractivity contribution in [2.75, 3.05) is 11.4 Å². The zero-order valence-electron chi connectivity index (χ0n) is 9.09. The van der Waals surface area contributed by atoms with E-state index in [9.17, 15) is 4.79 Å². The van der Waals surface area contributed by atoms with Gasteiger partial charge in [0.05, 0.1) is 10.2 Å². The summed E-state index contributed by atoms with van der Waals surface area (Å²) in [5.41, 5.74) is 0.935. The van der Waals surface area contributed by atoms with Crippen LogP contribution in [0, 0.1) is 18.3 Å². The number of thiazole rings is 1. The normalized spacial score (nSPS) is 19.8. The lowest BCUT2D eigenvalue weighted by Gasteiger charge is -2.10. The zero-order chi connectivity index (χ0) is 11.8. The topological polar surface area (TPSA) is 33.2 Å². The maximum absolute atomic E-state index is 11.8. The molecule has 3 rings (SSSR count). The monoisotopic (exact) mass is 242 g/mol. The molecule has 4 heteroatoms. The summed E-state index contributed by atoms with van der Waals surface area (Å²) >= 11 is 1.54. The molecule has 3 nitrogen and oxygen atoms in total. The third-order valence-corrected chi connectivity index (χ3v) is 3.93. The van der Waals surface area contributed by atoms with Crippen molar-refractivity contribution in [2.24, 2.45) is 5.92 Å². The second-order valence-electron chi connectivity index (χ2n) is 4.04. The maximum atomic E-state index is 11.8. The average Bonchev–Trinajstić information content (AvgIpc) is 2.91. The number of carbonyl (C=O) groups excluding carboxylic acids is 1. The van der Waals surface area contributed by atoms with Crippen LogP contribution in [0.25, 0.3) is 10.2 Å². The van der Waals surface area contributed by atoms with Gasteiger partial charge in [-0.25, -0.2) is 4.98 Å². The smallest absolute Gasteiger partial charge is 0.230 e. The van der Waals surface area contributed by atoms with Crippen LogP contribution in [0.2, 0.25) is 0 Å². The first-order valence-corrected chi connectivity index (χ1v) is 6.21. The van der Waals surface area contributed by atoms with Gasteiger partial charge in [-0.3, -0.25) is 9.69 Å². The Morgan fingerprint density at radius 3 is 3.00 bits per heavy atom. The van der Waals surface area contributed by atoms with Gasteiger partial charge in [0.25, 0.3) is 0 Å². The molecule has 1 aromatic heterocycles. The number of nitrogens with zero attached hydrogens (tertiary/aromatic N) is 2. The SMILES string of the molecule is C#CC1CC(=O)N(c2nc3ccccc3s2)C1. The van der Waals surface area contributed by atoms with Crippen LogP contribution in [0.5, 0.6) is 0 Å². The summed E-state index contributed by atoms with van der Waals surface area (Å²) in [6, 6.07) is 7.88. The lowest BCUT2D eigenvalue weighted by Crippen LogP contribution is -2.24. The van der Waals surface area contributed by atoms with Gasteiger partial charge in [-0.1, -0.05) is 23.5 Å². The fraction of sp³-hybridized carbons (Fsp3) is 0.231. The van der Waals surface area contributed by atoms with Crippen molar-refractivity contribution in [3.63, 3.8) is 0 Å². The molecule has 1 aliphatic rings. The fourth-order valence-electron chi connectivity index (χ4n) is 1.98. The summed E-state index contributed by atoms with van der Waals surface area (Å²) < 4.78 is 1.10. The van der Waals surface area contributed by atoms with Gasteiger partial charge in [0.2, 0.25) is 5.91 Å². The lowest BCUT2D eigenvalue weighted by atomic mass is 10.1. The lowest BCUT2D eigenvalue weighted by molar-refractivity contribution is -0.117. The number of hydrogen-bond acceptors (Lipinski definition) is 3. The van der Waals surface area contributed by atoms with Gasteiger partial charge in [0.15, 0.2) is 5.13 Å². The molecular weight excluding hydrogens is 232 g/mol. The van der Waals surface area contributed by atoms with Crippen molar-refractivity contribution in [1.82, 2.24) is 4.98 Å². The number of benzene rings is 1. The molecule has 0 radical (unpaired) electrons. The first-order chi connectivity index (χ1) is 8.28. The third-order valence-electron chi connectivity index (χ3n) is 2.87. The van der Waals surface area contributed by atoms with E-state index in [-0.39, 0.29) is 11.8 Å². The number of anilines is 1. The molecule has 1 unspecified atom stereocenters. The van der Waals surface area contributed by atoms with Crippen molar-refractivity contribution in [1.29, 1.82) is 0 Å². The molecule has 1 saturated heterocycles. The highest BCUT2D eigenvalue weighted by molar-refractivity contribution is 7.22. The summed E-state index contributed by atoms with van der Waals surface area (Å²) in [6.07, 6.45) is 5.80. The predicted molar refractivity (Wildman–Crippen MR) is 68.9 cm³/mol. The largest absolute Gasteiger partial charge is 0.287 e. The van der Waals surface area contributed by atoms with Gasteiger partial charge in [0.1, 0.15) is 0 Å². The van der Waals surface area contributed by atoms with E-state index in [0.29, 0.717) is 13.0 Å². The Morgan fingerprint density at radius 2 is 2.29 bits per heavy atom. The quantitative estimate of drug-likeness (QED) is 0.719. The molecule has 0 bridgehead atoms. The highest BCUT2D eigenvalue weighted by Crippen LogP contribution is 2.32. The molecule has 0 N–H and O–H groups in total. The van der Waals surface area contributed by atoms with Crippen molar-refractivity contribution in [3.05, 3.63) is 24.3 Å². The highest BCUT2D eigenvalue weighted by Gasteiger charge is 2.31. The molecule has 84 valence electrons. The van der Waals surface area contributed by atoms with E-state index in [4.69, 9.17) is 6.42 Å². The minimum Gasteiger partial charge on any atom is -0.287 e. The summed E-state index contributed by atoms with van der Waals surface area (Å²) in [4.78, 5) is 18.0. The number of aromatic nitrogens is 1. The second-order valence-corrected chi connectivity index (χ2v) is 5.05. The van der Waals surface area contributed by atoms with Crippen molar-refractivity contribution >= 4 is 32.6 Å². The molecule has 1 aliphatic heterocycles. The van der Waals surface area contributed by atoms with E-state index in [2.05, 4.69) is 10.9 Å². The van der Waals surface area contributed by atoms with Gasteiger partial charge in [0, 0.05) is 18.9 Å². The molecule has 0 saturated carbocycles. The number of rotatable bonds is 1. The molecule has 2 aromatic rings. The Kier molecular flexibility index (Phi) is 2.34. The standard InChI is InChI=1S/C13H10N2OS/c1-2-9-7-12(16)15(8-9)13-14-10-5-3-4-6-11(10)17-13/h1,3-6,9H,7-8H2. The first kappa shape index (κ1) is 10.3. The Morgan fingerprint density at radius 1 is 1.47 bits per heavy atom. The van der Waals surface area contributed by atoms with E-state index < -0.39 is 0 Å². The fourth-order valence-corrected chi connectivity index (χ4v) is 2.97. The summed E-state index contributed by atoms with van der Waals surface area (Å²) in [5.74, 6) is 2.74. The minimum absolute atomic E-state index is 0.0227. The van der Waals surface area contributed by atoms with Crippen LogP contribution in [0.4, 0.5) is 5.13 Å². The molecule has 17 heavy (non-hydrogen) atoms. The minimum atomic E-state index is 0.0227. The summed E-state index contributed by atoms with van der Waals surface area (Å²) in [6.45, 7) is 0.592. The Bertz CT molecular complexity index is 593. The molecule has 1 atom stereocenters. The Hall–Kier alpha value is -1.86. The van der Waals surface area contributed by atoms with Gasteiger partial charge in [-0.2, -0.15) is 0 Å². The molecule has 2 heterocycles. The van der Waals surface area contributed by atoms with Gasteiger partial charge >= 0.3 is 0 Å². The second kappa shape index (κ2) is 3.86. The van der Waals surface area contributed by atoms with Crippen LogP contribution < -0.4 is 4.90 Å². The van der Waals surface area contributed by atoms with E-state index in [0.717, 1.165) is 15.3 Å². The molecule has 0 spiro atoms. The first-order valence-electron chi connectivity index (χ1n) is 5.40. The zero-order valence-corrected chi connectivity index (χ0v) is 9.91. The Balaban J connectivity index is 1.99. The van der Waals surface area contributed by atoms with Gasteiger partial charge in [-0.15, -0.1) is 12.3 Å². The van der Waals surface area contributed by atoms with Crippen LogP contribution in [0.15, 0.2) is 24.3 Å². The Labute approximate surface area is 103 Å². The van der Waals surface area contributed by atoms with E-state index in [1.807, 2.05) is 24.3 Å². The van der Waals surface area contributed by atoms with Crippen molar-refractivity contribution in [3.8, 4) is 12.3 Å². The molecule has 1 fully saturated rings. The number of fused-ring (bicyclic) bond motifs is 1. The van der Waals surface area contributed by atoms with Gasteiger partial charge < -0.3 is 0 Å². The molecule has 1 amide bonds. The van der Waals surface area contributed by atoms with Crippen LogP contribution in [0.3, 0.4) is 0 Å². The molecule has 0 aliphatic carbocycles. The number of para-hydroxylation sites is 1. The highest BCUT2D eigenvalue weighted by atomic mass is 32.1. The molecular formula is C13H10N2OS. The summed E-state index contributed by atoms with van der Waals surface area (Å²) in [7, 11) is 0. The maximum Gasteiger partial charge on any atom is 0.230 e. The summed E-state index contributed by atoms with van der Waals surface area (Å²) in [5, 5.41) is 0.758. The number of amides is 1. The number of carbonyl (C=O) groups is 1. The van der Waals surface area contributed by atoms with Crippen LogP contribution >= 0.6 is 11.3 Å². The van der Waals surface area contributed by atoms with Crippen LogP contribution in [-0.4, -0.2) is 17.4 Å². The average molecular weight is 242 g/mol. The van der Waals surface area contributed by atoms with Crippen molar-refractivity contribution < 1.29 is 4.79 Å². The number of hydrogen-bond donors (Lipinski definition) is 0. The van der Waals surface area contributed by atoms with E-state index in [1.165, 1.54) is 11.3 Å².